The van der Waals surface area contributed by atoms with Crippen LogP contribution in [0.4, 0.5) is 0 Å². The molecule has 0 saturated carbocycles. The maximum atomic E-state index is 12.1. The number of carbonyl (C=O) groups is 1. The van der Waals surface area contributed by atoms with E-state index in [4.69, 9.17) is 11.2 Å². The number of hydrogen-bond acceptors (Lipinski definition) is 4. The summed E-state index contributed by atoms with van der Waals surface area (Å²) in [5, 5.41) is 0. The molecule has 0 amide bonds. The van der Waals surface area contributed by atoms with Crippen molar-refractivity contribution in [3.8, 4) is 12.3 Å². The number of terminal acetylenes is 1. The van der Waals surface area contributed by atoms with Crippen molar-refractivity contribution in [3.05, 3.63) is 34.2 Å². The number of esters is 1. The Bertz CT molecular complexity index is 714. The van der Waals surface area contributed by atoms with Crippen LogP contribution in [-0.4, -0.2) is 40.7 Å². The molecule has 0 aromatic carbocycles. The number of aromatic nitrogens is 1. The van der Waals surface area contributed by atoms with Crippen molar-refractivity contribution in [1.82, 2.24) is 9.47 Å². The Kier molecular flexibility index (Phi) is 4.03. The van der Waals surface area contributed by atoms with E-state index in [9.17, 15) is 9.59 Å². The van der Waals surface area contributed by atoms with E-state index >= 15 is 0 Å². The van der Waals surface area contributed by atoms with Gasteiger partial charge in [0, 0.05) is 37.3 Å². The number of hydrogen-bond donors (Lipinski definition) is 0. The van der Waals surface area contributed by atoms with Crippen molar-refractivity contribution in [2.45, 2.75) is 38.3 Å². The molecular weight excluding hydrogens is 292 g/mol. The van der Waals surface area contributed by atoms with E-state index in [1.807, 2.05) is 16.7 Å². The second-order valence-electron chi connectivity index (χ2n) is 7.02. The maximum Gasteiger partial charge on any atom is 0.321 e. The molecule has 0 N–H and O–H groups in total. The van der Waals surface area contributed by atoms with Crippen molar-refractivity contribution in [3.63, 3.8) is 0 Å². The molecule has 1 aromatic heterocycles. The summed E-state index contributed by atoms with van der Waals surface area (Å²) in [6.45, 7) is 5.97. The van der Waals surface area contributed by atoms with Gasteiger partial charge in [-0.2, -0.15) is 0 Å². The molecule has 2 aliphatic rings. The smallest absolute Gasteiger partial charge is 0.321 e. The first kappa shape index (κ1) is 15.8. The van der Waals surface area contributed by atoms with Crippen LogP contribution < -0.4 is 5.56 Å². The highest BCUT2D eigenvalue weighted by Gasteiger charge is 2.35. The third-order valence-corrected chi connectivity index (χ3v) is 4.62. The van der Waals surface area contributed by atoms with Gasteiger partial charge in [-0.3, -0.25) is 14.5 Å². The summed E-state index contributed by atoms with van der Waals surface area (Å²) in [4.78, 5) is 26.2. The molecule has 0 aliphatic carbocycles. The van der Waals surface area contributed by atoms with Gasteiger partial charge >= 0.3 is 5.97 Å². The van der Waals surface area contributed by atoms with Crippen LogP contribution >= 0.6 is 0 Å². The molecule has 5 nitrogen and oxygen atoms in total. The third kappa shape index (κ3) is 3.32. The fourth-order valence-electron chi connectivity index (χ4n) is 3.65. The summed E-state index contributed by atoms with van der Waals surface area (Å²) in [7, 11) is 0. The van der Waals surface area contributed by atoms with Crippen molar-refractivity contribution < 1.29 is 9.53 Å². The van der Waals surface area contributed by atoms with Crippen LogP contribution in [0, 0.1) is 18.3 Å². The molecule has 5 heteroatoms. The molecule has 0 unspecified atom stereocenters. The van der Waals surface area contributed by atoms with Crippen molar-refractivity contribution in [2.75, 3.05) is 19.6 Å². The van der Waals surface area contributed by atoms with E-state index in [1.54, 1.807) is 19.9 Å². The van der Waals surface area contributed by atoms with E-state index in [1.165, 1.54) is 0 Å². The lowest BCUT2D eigenvalue weighted by Gasteiger charge is -2.42. The van der Waals surface area contributed by atoms with Crippen LogP contribution in [0.1, 0.15) is 31.9 Å². The number of fused-ring (bicyclic) bond motifs is 4. The number of pyridine rings is 1. The lowest BCUT2D eigenvalue weighted by molar-refractivity contribution is -0.153. The summed E-state index contributed by atoms with van der Waals surface area (Å²) >= 11 is 0. The molecule has 122 valence electrons. The molecule has 2 atom stereocenters. The van der Waals surface area contributed by atoms with Gasteiger partial charge in [0.1, 0.15) is 0 Å². The summed E-state index contributed by atoms with van der Waals surface area (Å²) in [6, 6.07) is 5.45. The van der Waals surface area contributed by atoms with Crippen molar-refractivity contribution in [2.24, 2.45) is 5.92 Å². The molecule has 2 bridgehead atoms. The monoisotopic (exact) mass is 314 g/mol. The Hall–Kier alpha value is -2.06. The minimum Gasteiger partial charge on any atom is -0.445 e. The Balaban J connectivity index is 1.70. The standard InChI is InChI=1S/C18H22N2O3/c1-4-18(2,3)23-17(22)12-19-9-13-8-14(11-19)15-6-5-7-16(21)20(15)10-13/h1,5-7,13-14H,8-12H2,2-3H3/t13-,14+/m0/s1. The molecule has 1 aromatic rings. The minimum absolute atomic E-state index is 0.0702. The third-order valence-electron chi connectivity index (χ3n) is 4.62. The molecule has 1 saturated heterocycles. The van der Waals surface area contributed by atoms with Gasteiger partial charge in [0.2, 0.25) is 0 Å². The lowest BCUT2D eigenvalue weighted by atomic mass is 9.83. The molecule has 3 rings (SSSR count). The largest absolute Gasteiger partial charge is 0.445 e. The first-order valence-corrected chi connectivity index (χ1v) is 7.99. The quantitative estimate of drug-likeness (QED) is 0.622. The maximum absolute atomic E-state index is 12.1. The molecular formula is C18H22N2O3. The van der Waals surface area contributed by atoms with Gasteiger partial charge in [-0.15, -0.1) is 6.42 Å². The molecule has 0 radical (unpaired) electrons. The zero-order valence-electron chi connectivity index (χ0n) is 13.6. The van der Waals surface area contributed by atoms with Crippen LogP contribution in [0.3, 0.4) is 0 Å². The van der Waals surface area contributed by atoms with Gasteiger partial charge in [-0.1, -0.05) is 12.0 Å². The lowest BCUT2D eigenvalue weighted by Crippen LogP contribution is -2.49. The highest BCUT2D eigenvalue weighted by molar-refractivity contribution is 5.72. The van der Waals surface area contributed by atoms with Crippen molar-refractivity contribution in [1.29, 1.82) is 0 Å². The van der Waals surface area contributed by atoms with Gasteiger partial charge in [0.15, 0.2) is 5.60 Å². The fraction of sp³-hybridized carbons (Fsp3) is 0.556. The molecule has 23 heavy (non-hydrogen) atoms. The van der Waals surface area contributed by atoms with Crippen molar-refractivity contribution >= 4 is 5.97 Å². The Morgan fingerprint density at radius 2 is 2.17 bits per heavy atom. The molecule has 1 fully saturated rings. The zero-order valence-corrected chi connectivity index (χ0v) is 13.6. The van der Waals surface area contributed by atoms with E-state index in [-0.39, 0.29) is 18.1 Å². The Morgan fingerprint density at radius 3 is 2.91 bits per heavy atom. The predicted molar refractivity (Wildman–Crippen MR) is 87.0 cm³/mol. The van der Waals surface area contributed by atoms with Gasteiger partial charge in [-0.25, -0.2) is 0 Å². The van der Waals surface area contributed by atoms with Crippen LogP contribution in [0.15, 0.2) is 23.0 Å². The minimum atomic E-state index is -0.872. The van der Waals surface area contributed by atoms with Crippen LogP contribution in [0.25, 0.3) is 0 Å². The normalized spacial score (nSPS) is 23.7. The molecule has 0 spiro atoms. The van der Waals surface area contributed by atoms with Crippen LogP contribution in [-0.2, 0) is 16.1 Å². The topological polar surface area (TPSA) is 51.5 Å². The number of nitrogens with zero attached hydrogens (tertiary/aromatic N) is 2. The Morgan fingerprint density at radius 1 is 1.39 bits per heavy atom. The van der Waals surface area contributed by atoms with E-state index in [2.05, 4.69) is 10.8 Å². The number of rotatable bonds is 3. The van der Waals surface area contributed by atoms with Crippen LogP contribution in [0.5, 0.6) is 0 Å². The summed E-state index contributed by atoms with van der Waals surface area (Å²) in [5.41, 5.74) is 0.277. The summed E-state index contributed by atoms with van der Waals surface area (Å²) < 4.78 is 7.21. The Labute approximate surface area is 136 Å². The second kappa shape index (κ2) is 5.86. The first-order valence-electron chi connectivity index (χ1n) is 7.99. The average Bonchev–Trinajstić information content (AvgIpc) is 2.47. The highest BCUT2D eigenvalue weighted by atomic mass is 16.6. The number of carbonyl (C=O) groups excluding carboxylic acids is 1. The highest BCUT2D eigenvalue weighted by Crippen LogP contribution is 2.34. The van der Waals surface area contributed by atoms with E-state index < -0.39 is 5.60 Å². The average molecular weight is 314 g/mol. The van der Waals surface area contributed by atoms with Gasteiger partial charge < -0.3 is 9.30 Å². The number of likely N-dealkylation sites (tertiary alicyclic amines) is 1. The summed E-state index contributed by atoms with van der Waals surface area (Å²) in [5.74, 6) is 2.87. The van der Waals surface area contributed by atoms with Gasteiger partial charge in [-0.05, 0) is 32.3 Å². The second-order valence-corrected chi connectivity index (χ2v) is 7.02. The zero-order chi connectivity index (χ0) is 16.6. The number of ether oxygens (including phenoxy) is 1. The SMILES string of the molecule is C#CC(C)(C)OC(=O)CN1C[C@@H]2C[C@H](C1)c1cccc(=O)n1C2. The first-order chi connectivity index (χ1) is 10.9. The fourth-order valence-corrected chi connectivity index (χ4v) is 3.65. The molecule has 3 heterocycles. The molecule has 2 aliphatic heterocycles. The summed E-state index contributed by atoms with van der Waals surface area (Å²) in [6.07, 6.45) is 6.43. The van der Waals surface area contributed by atoms with Crippen LogP contribution in [0.2, 0.25) is 0 Å². The number of piperidine rings is 1. The van der Waals surface area contributed by atoms with E-state index in [0.29, 0.717) is 11.8 Å². The van der Waals surface area contributed by atoms with Gasteiger partial charge in [0.05, 0.1) is 6.54 Å². The van der Waals surface area contributed by atoms with Gasteiger partial charge in [0.25, 0.3) is 5.56 Å². The van der Waals surface area contributed by atoms with E-state index in [0.717, 1.165) is 31.7 Å². The predicted octanol–water partition coefficient (Wildman–Crippen LogP) is 1.22.